The molecule has 0 amide bonds. The van der Waals surface area contributed by atoms with Crippen molar-refractivity contribution < 1.29 is 4.74 Å². The quantitative estimate of drug-likeness (QED) is 0.612. The van der Waals surface area contributed by atoms with E-state index in [-0.39, 0.29) is 11.5 Å². The number of methoxy groups -OCH3 is 1. The van der Waals surface area contributed by atoms with Gasteiger partial charge in [0.05, 0.1) is 6.10 Å². The molecule has 0 aliphatic rings. The summed E-state index contributed by atoms with van der Waals surface area (Å²) >= 11 is 0. The van der Waals surface area contributed by atoms with E-state index in [1.807, 2.05) is 30.0 Å². The number of nitrogens with zero attached hydrogens (tertiary/aromatic N) is 4. The molecule has 0 aromatic carbocycles. The summed E-state index contributed by atoms with van der Waals surface area (Å²) in [6.45, 7) is 9.77. The number of hydrogen-bond acceptors (Lipinski definition) is 4. The lowest BCUT2D eigenvalue weighted by molar-refractivity contribution is 0.0205. The van der Waals surface area contributed by atoms with Crippen molar-refractivity contribution in [3.63, 3.8) is 0 Å². The van der Waals surface area contributed by atoms with Crippen LogP contribution in [0.15, 0.2) is 35.7 Å². The third-order valence-corrected chi connectivity index (χ3v) is 4.27. The Hall–Kier alpha value is -2.41. The molecule has 1 unspecified atom stereocenters. The van der Waals surface area contributed by atoms with Crippen LogP contribution in [0.25, 0.3) is 5.82 Å². The fraction of sp³-hybridized carbons (Fsp3) is 0.526. The summed E-state index contributed by atoms with van der Waals surface area (Å²) in [6.07, 6.45) is 5.64. The Balaban J connectivity index is 1.89. The molecule has 2 N–H and O–H groups in total. The van der Waals surface area contributed by atoms with E-state index in [0.717, 1.165) is 23.2 Å². The van der Waals surface area contributed by atoms with Crippen LogP contribution in [0.3, 0.4) is 0 Å². The number of aromatic nitrogens is 3. The average Bonchev–Trinajstić information content (AvgIpc) is 3.03. The van der Waals surface area contributed by atoms with Crippen LogP contribution in [0.4, 0.5) is 0 Å². The van der Waals surface area contributed by atoms with Gasteiger partial charge >= 0.3 is 0 Å². The molecular weight excluding hydrogens is 328 g/mol. The van der Waals surface area contributed by atoms with E-state index < -0.39 is 0 Å². The molecule has 2 heterocycles. The fourth-order valence-electron chi connectivity index (χ4n) is 2.62. The molecule has 0 aliphatic heterocycles. The van der Waals surface area contributed by atoms with Crippen LogP contribution in [-0.2, 0) is 11.3 Å². The van der Waals surface area contributed by atoms with Crippen molar-refractivity contribution in [2.75, 3.05) is 20.7 Å². The first-order valence-corrected chi connectivity index (χ1v) is 8.77. The molecule has 0 spiro atoms. The summed E-state index contributed by atoms with van der Waals surface area (Å²) in [7, 11) is 3.50. The van der Waals surface area contributed by atoms with Crippen molar-refractivity contribution in [1.29, 1.82) is 0 Å². The number of aliphatic imine (C=N–C) groups is 1. The van der Waals surface area contributed by atoms with Crippen molar-refractivity contribution in [3.8, 4) is 5.82 Å². The first kappa shape index (κ1) is 19.9. The van der Waals surface area contributed by atoms with Gasteiger partial charge in [-0.15, -0.1) is 0 Å². The van der Waals surface area contributed by atoms with E-state index in [0.29, 0.717) is 13.1 Å². The first-order chi connectivity index (χ1) is 12.3. The first-order valence-electron chi connectivity index (χ1n) is 8.77. The van der Waals surface area contributed by atoms with Gasteiger partial charge in [-0.3, -0.25) is 9.56 Å². The molecule has 0 fully saturated rings. The third kappa shape index (κ3) is 5.29. The number of aryl methyl sites for hydroxylation is 1. The minimum Gasteiger partial charge on any atom is -0.379 e. The molecule has 0 saturated heterocycles. The molecule has 2 aromatic rings. The molecule has 26 heavy (non-hydrogen) atoms. The van der Waals surface area contributed by atoms with Crippen LogP contribution < -0.4 is 10.6 Å². The number of rotatable bonds is 6. The minimum absolute atomic E-state index is 0.0613. The summed E-state index contributed by atoms with van der Waals surface area (Å²) in [4.78, 5) is 13.0. The molecular formula is C19H30N6O. The zero-order chi connectivity index (χ0) is 19.2. The summed E-state index contributed by atoms with van der Waals surface area (Å²) in [6, 6.07) is 4.04. The summed E-state index contributed by atoms with van der Waals surface area (Å²) in [5.74, 6) is 2.52. The molecule has 2 rings (SSSR count). The third-order valence-electron chi connectivity index (χ3n) is 4.27. The van der Waals surface area contributed by atoms with Crippen LogP contribution >= 0.6 is 0 Å². The van der Waals surface area contributed by atoms with Gasteiger partial charge in [-0.25, -0.2) is 9.97 Å². The molecule has 0 bridgehead atoms. The number of nitrogens with one attached hydrogen (secondary N) is 2. The minimum atomic E-state index is 0.0613. The van der Waals surface area contributed by atoms with Gasteiger partial charge < -0.3 is 15.4 Å². The standard InChI is InChI=1S/C19H30N6O/c1-14-21-9-10-25(14)17-8-7-15(11-22-17)12-23-18(20-5)24-13-16(26-6)19(2,3)4/h7-11,16H,12-13H2,1-6H3,(H2,20,23,24). The van der Waals surface area contributed by atoms with Crippen molar-refractivity contribution in [3.05, 3.63) is 42.1 Å². The highest BCUT2D eigenvalue weighted by Crippen LogP contribution is 2.20. The number of guanidine groups is 1. The number of imidazole rings is 1. The summed E-state index contributed by atoms with van der Waals surface area (Å²) in [5, 5.41) is 6.63. The maximum Gasteiger partial charge on any atom is 0.191 e. The van der Waals surface area contributed by atoms with Crippen molar-refractivity contribution in [1.82, 2.24) is 25.2 Å². The smallest absolute Gasteiger partial charge is 0.191 e. The van der Waals surface area contributed by atoms with Gasteiger partial charge in [-0.1, -0.05) is 26.8 Å². The molecule has 1 atom stereocenters. The van der Waals surface area contributed by atoms with Crippen LogP contribution in [0.1, 0.15) is 32.2 Å². The molecule has 7 nitrogen and oxygen atoms in total. The van der Waals surface area contributed by atoms with E-state index in [4.69, 9.17) is 4.74 Å². The van der Waals surface area contributed by atoms with Crippen molar-refractivity contribution in [2.45, 2.75) is 40.3 Å². The maximum absolute atomic E-state index is 5.57. The topological polar surface area (TPSA) is 76.4 Å². The second-order valence-corrected chi connectivity index (χ2v) is 7.27. The number of hydrogen-bond donors (Lipinski definition) is 2. The predicted molar refractivity (Wildman–Crippen MR) is 105 cm³/mol. The zero-order valence-electron chi connectivity index (χ0n) is 16.6. The summed E-state index contributed by atoms with van der Waals surface area (Å²) in [5.41, 5.74) is 1.14. The molecule has 142 valence electrons. The van der Waals surface area contributed by atoms with E-state index in [2.05, 4.69) is 52.4 Å². The lowest BCUT2D eigenvalue weighted by Gasteiger charge is -2.30. The maximum atomic E-state index is 5.57. The highest BCUT2D eigenvalue weighted by atomic mass is 16.5. The van der Waals surface area contributed by atoms with Gasteiger partial charge in [0.15, 0.2) is 5.96 Å². The van der Waals surface area contributed by atoms with Gasteiger partial charge in [0.2, 0.25) is 0 Å². The predicted octanol–water partition coefficient (Wildman–Crippen LogP) is 2.30. The lowest BCUT2D eigenvalue weighted by Crippen LogP contribution is -2.45. The van der Waals surface area contributed by atoms with E-state index >= 15 is 0 Å². The normalized spacial score (nSPS) is 13.5. The Bertz CT molecular complexity index is 714. The Labute approximate surface area is 155 Å². The largest absolute Gasteiger partial charge is 0.379 e. The Morgan fingerprint density at radius 1 is 1.27 bits per heavy atom. The number of pyridine rings is 1. The van der Waals surface area contributed by atoms with Crippen LogP contribution in [-0.4, -0.2) is 47.3 Å². The van der Waals surface area contributed by atoms with Gasteiger partial charge in [0, 0.05) is 45.8 Å². The van der Waals surface area contributed by atoms with Crippen molar-refractivity contribution >= 4 is 5.96 Å². The second kappa shape index (κ2) is 8.80. The number of ether oxygens (including phenoxy) is 1. The molecule has 0 aliphatic carbocycles. The molecule has 7 heteroatoms. The van der Waals surface area contributed by atoms with Crippen LogP contribution in [0, 0.1) is 12.3 Å². The summed E-state index contributed by atoms with van der Waals surface area (Å²) < 4.78 is 7.52. The van der Waals surface area contributed by atoms with Crippen LogP contribution in [0.2, 0.25) is 0 Å². The van der Waals surface area contributed by atoms with Gasteiger partial charge in [-0.05, 0) is 24.0 Å². The van der Waals surface area contributed by atoms with Gasteiger partial charge in [0.25, 0.3) is 0 Å². The lowest BCUT2D eigenvalue weighted by atomic mass is 9.89. The Kier molecular flexibility index (Phi) is 6.74. The molecule has 0 saturated carbocycles. The Morgan fingerprint density at radius 3 is 2.54 bits per heavy atom. The molecule has 0 radical (unpaired) electrons. The molecule has 2 aromatic heterocycles. The second-order valence-electron chi connectivity index (χ2n) is 7.27. The highest BCUT2D eigenvalue weighted by molar-refractivity contribution is 5.79. The van der Waals surface area contributed by atoms with E-state index in [1.165, 1.54) is 0 Å². The average molecular weight is 358 g/mol. The van der Waals surface area contributed by atoms with Crippen molar-refractivity contribution in [2.24, 2.45) is 10.4 Å². The Morgan fingerprint density at radius 2 is 2.04 bits per heavy atom. The van der Waals surface area contributed by atoms with Crippen LogP contribution in [0.5, 0.6) is 0 Å². The SMILES string of the molecule is CN=C(NCc1ccc(-n2ccnc2C)nc1)NCC(OC)C(C)(C)C. The van der Waals surface area contributed by atoms with Gasteiger partial charge in [-0.2, -0.15) is 0 Å². The van der Waals surface area contributed by atoms with Gasteiger partial charge in [0.1, 0.15) is 11.6 Å². The fourth-order valence-corrected chi connectivity index (χ4v) is 2.62. The monoisotopic (exact) mass is 358 g/mol. The highest BCUT2D eigenvalue weighted by Gasteiger charge is 2.24. The zero-order valence-corrected chi connectivity index (χ0v) is 16.6. The van der Waals surface area contributed by atoms with E-state index in [1.54, 1.807) is 20.4 Å². The van der Waals surface area contributed by atoms with E-state index in [9.17, 15) is 0 Å².